The van der Waals surface area contributed by atoms with E-state index in [0.29, 0.717) is 0 Å². The van der Waals surface area contributed by atoms with Crippen molar-refractivity contribution in [1.29, 1.82) is 0 Å². The lowest BCUT2D eigenvalue weighted by Gasteiger charge is -2.01. The maximum Gasteiger partial charge on any atom is 0.0585 e. The molecule has 0 bridgehead atoms. The van der Waals surface area contributed by atoms with Gasteiger partial charge in [0.2, 0.25) is 0 Å². The van der Waals surface area contributed by atoms with Crippen LogP contribution in [0.5, 0.6) is 0 Å². The smallest absolute Gasteiger partial charge is 0.0585 e. The highest BCUT2D eigenvalue weighted by molar-refractivity contribution is 5.85. The number of hydrogen-bond acceptors (Lipinski definition) is 2. The van der Waals surface area contributed by atoms with Crippen LogP contribution in [-0.4, -0.2) is 17.8 Å². The summed E-state index contributed by atoms with van der Waals surface area (Å²) in [5.41, 5.74) is 5.53. The summed E-state index contributed by atoms with van der Waals surface area (Å²) in [5, 5.41) is 8.65. The lowest BCUT2D eigenvalue weighted by atomic mass is 10.1. The van der Waals surface area contributed by atoms with Crippen LogP contribution in [0.1, 0.15) is 45.4 Å². The van der Waals surface area contributed by atoms with E-state index in [1.165, 1.54) is 25.7 Å². The molecule has 0 fully saturated rings. The Labute approximate surface area is 94.0 Å². The number of aliphatic hydroxyl groups excluding tert-OH is 1. The van der Waals surface area contributed by atoms with Crippen molar-refractivity contribution in [3.63, 3.8) is 0 Å². The summed E-state index contributed by atoms with van der Waals surface area (Å²) < 4.78 is 0. The van der Waals surface area contributed by atoms with Gasteiger partial charge in [0.05, 0.1) is 6.61 Å². The first-order valence-electron chi connectivity index (χ1n) is 5.32. The van der Waals surface area contributed by atoms with Crippen LogP contribution in [-0.2, 0) is 0 Å². The molecular weight excluding hydrogens is 198 g/mol. The molecular formula is C11H24ClNO. The number of aliphatic hydroxyl groups is 1. The largest absolute Gasteiger partial charge is 0.395 e. The summed E-state index contributed by atoms with van der Waals surface area (Å²) in [5.74, 6) is 0. The molecule has 3 N–H and O–H groups in total. The van der Waals surface area contributed by atoms with Gasteiger partial charge in [-0.05, 0) is 19.3 Å². The summed E-state index contributed by atoms with van der Waals surface area (Å²) >= 11 is 0. The lowest BCUT2D eigenvalue weighted by Crippen LogP contribution is -2.22. The molecule has 0 spiro atoms. The molecule has 0 saturated carbocycles. The Balaban J connectivity index is 0. The second kappa shape index (κ2) is 12.9. The first kappa shape index (κ1) is 16.4. The van der Waals surface area contributed by atoms with Crippen LogP contribution in [0.3, 0.4) is 0 Å². The molecule has 14 heavy (non-hydrogen) atoms. The van der Waals surface area contributed by atoms with Gasteiger partial charge in [0.15, 0.2) is 0 Å². The van der Waals surface area contributed by atoms with Gasteiger partial charge in [0.1, 0.15) is 0 Å². The molecule has 2 nitrogen and oxygen atoms in total. The van der Waals surface area contributed by atoms with E-state index in [2.05, 4.69) is 19.1 Å². The molecule has 1 unspecified atom stereocenters. The minimum Gasteiger partial charge on any atom is -0.395 e. The number of nitrogens with two attached hydrogens (primary N) is 1. The van der Waals surface area contributed by atoms with Crippen molar-refractivity contribution in [3.8, 4) is 0 Å². The second-order valence-corrected chi connectivity index (χ2v) is 3.50. The van der Waals surface area contributed by atoms with Crippen LogP contribution < -0.4 is 5.73 Å². The van der Waals surface area contributed by atoms with Gasteiger partial charge >= 0.3 is 0 Å². The highest BCUT2D eigenvalue weighted by Crippen LogP contribution is 2.03. The Kier molecular flexibility index (Phi) is 15.2. The van der Waals surface area contributed by atoms with Crippen LogP contribution in [0.15, 0.2) is 12.2 Å². The monoisotopic (exact) mass is 221 g/mol. The first-order chi connectivity index (χ1) is 6.31. The van der Waals surface area contributed by atoms with E-state index >= 15 is 0 Å². The van der Waals surface area contributed by atoms with Crippen molar-refractivity contribution in [2.45, 2.75) is 51.5 Å². The van der Waals surface area contributed by atoms with Crippen molar-refractivity contribution in [2.75, 3.05) is 6.61 Å². The molecule has 1 atom stereocenters. The van der Waals surface area contributed by atoms with Gasteiger partial charge in [-0.3, -0.25) is 0 Å². The molecule has 86 valence electrons. The van der Waals surface area contributed by atoms with E-state index in [9.17, 15) is 0 Å². The highest BCUT2D eigenvalue weighted by Gasteiger charge is 1.94. The Morgan fingerprint density at radius 3 is 2.50 bits per heavy atom. The van der Waals surface area contributed by atoms with E-state index in [1.807, 2.05) is 0 Å². The van der Waals surface area contributed by atoms with Gasteiger partial charge in [0, 0.05) is 6.04 Å². The molecule has 0 amide bonds. The molecule has 0 aromatic carbocycles. The number of halogens is 1. The third kappa shape index (κ3) is 11.9. The number of rotatable bonds is 8. The lowest BCUT2D eigenvalue weighted by molar-refractivity contribution is 0.266. The molecule has 0 aliphatic rings. The van der Waals surface area contributed by atoms with Crippen molar-refractivity contribution in [3.05, 3.63) is 12.2 Å². The second-order valence-electron chi connectivity index (χ2n) is 3.50. The Morgan fingerprint density at radius 2 is 1.93 bits per heavy atom. The maximum absolute atomic E-state index is 8.65. The summed E-state index contributed by atoms with van der Waals surface area (Å²) in [6, 6.07) is -0.0770. The van der Waals surface area contributed by atoms with E-state index < -0.39 is 0 Å². The minimum atomic E-state index is -0.0770. The first-order valence-corrected chi connectivity index (χ1v) is 5.32. The molecule has 3 heteroatoms. The quantitative estimate of drug-likeness (QED) is 0.489. The van der Waals surface area contributed by atoms with Crippen LogP contribution in [0, 0.1) is 0 Å². The van der Waals surface area contributed by atoms with Crippen molar-refractivity contribution >= 4 is 12.4 Å². The third-order valence-electron chi connectivity index (χ3n) is 2.06. The molecule has 0 radical (unpaired) electrons. The fourth-order valence-electron chi connectivity index (χ4n) is 1.15. The van der Waals surface area contributed by atoms with E-state index in [4.69, 9.17) is 10.8 Å². The topological polar surface area (TPSA) is 46.2 Å². The minimum absolute atomic E-state index is 0. The van der Waals surface area contributed by atoms with Crippen LogP contribution in [0.25, 0.3) is 0 Å². The third-order valence-corrected chi connectivity index (χ3v) is 2.06. The van der Waals surface area contributed by atoms with Crippen molar-refractivity contribution in [2.24, 2.45) is 5.73 Å². The zero-order valence-electron chi connectivity index (χ0n) is 9.11. The summed E-state index contributed by atoms with van der Waals surface area (Å²) in [4.78, 5) is 0. The fraction of sp³-hybridized carbons (Fsp3) is 0.818. The molecule has 0 saturated heterocycles. The fourth-order valence-corrected chi connectivity index (χ4v) is 1.15. The van der Waals surface area contributed by atoms with Crippen molar-refractivity contribution in [1.82, 2.24) is 0 Å². The molecule has 0 aliphatic carbocycles. The Morgan fingerprint density at radius 1 is 1.21 bits per heavy atom. The SMILES string of the molecule is CCCCCC/C=C/CC(N)CO.Cl. The normalized spacial score (nSPS) is 12.8. The number of allylic oxidation sites excluding steroid dienone is 1. The van der Waals surface area contributed by atoms with Gasteiger partial charge < -0.3 is 10.8 Å². The average Bonchev–Trinajstić information content (AvgIpc) is 2.16. The predicted molar refractivity (Wildman–Crippen MR) is 64.8 cm³/mol. The zero-order chi connectivity index (χ0) is 9.94. The van der Waals surface area contributed by atoms with E-state index in [0.717, 1.165) is 12.8 Å². The Bertz CT molecular complexity index is 128. The molecule has 0 aliphatic heterocycles. The van der Waals surface area contributed by atoms with E-state index in [1.54, 1.807) is 0 Å². The van der Waals surface area contributed by atoms with Gasteiger partial charge in [-0.1, -0.05) is 38.3 Å². The summed E-state index contributed by atoms with van der Waals surface area (Å²) in [6.45, 7) is 2.30. The van der Waals surface area contributed by atoms with Gasteiger partial charge in [-0.25, -0.2) is 0 Å². The van der Waals surface area contributed by atoms with Gasteiger partial charge in [0.25, 0.3) is 0 Å². The molecule has 0 aromatic heterocycles. The average molecular weight is 222 g/mol. The van der Waals surface area contributed by atoms with Crippen LogP contribution in [0.4, 0.5) is 0 Å². The number of unbranched alkanes of at least 4 members (excludes halogenated alkanes) is 4. The van der Waals surface area contributed by atoms with Crippen LogP contribution >= 0.6 is 12.4 Å². The molecule has 0 aromatic rings. The van der Waals surface area contributed by atoms with Crippen molar-refractivity contribution < 1.29 is 5.11 Å². The van der Waals surface area contributed by atoms with Gasteiger partial charge in [-0.2, -0.15) is 0 Å². The summed E-state index contributed by atoms with van der Waals surface area (Å²) in [6.07, 6.45) is 11.4. The highest BCUT2D eigenvalue weighted by atomic mass is 35.5. The maximum atomic E-state index is 8.65. The van der Waals surface area contributed by atoms with Gasteiger partial charge in [-0.15, -0.1) is 12.4 Å². The predicted octanol–water partition coefficient (Wildman–Crippen LogP) is 2.64. The molecule has 0 heterocycles. The Hall–Kier alpha value is -0.0500. The molecule has 0 rings (SSSR count). The van der Waals surface area contributed by atoms with E-state index in [-0.39, 0.29) is 25.1 Å². The summed E-state index contributed by atoms with van der Waals surface area (Å²) in [7, 11) is 0. The van der Waals surface area contributed by atoms with Crippen LogP contribution in [0.2, 0.25) is 0 Å². The zero-order valence-corrected chi connectivity index (χ0v) is 9.93. The standard InChI is InChI=1S/C11H23NO.ClH/c1-2-3-4-5-6-7-8-9-11(12)10-13;/h7-8,11,13H,2-6,9-10,12H2,1H3;1H/b8-7+;. The number of hydrogen-bond donors (Lipinski definition) is 2.